The summed E-state index contributed by atoms with van der Waals surface area (Å²) in [6, 6.07) is 7.46. The highest BCUT2D eigenvalue weighted by atomic mass is 16.5. The van der Waals surface area contributed by atoms with Crippen LogP contribution < -0.4 is 10.1 Å². The van der Waals surface area contributed by atoms with E-state index in [9.17, 15) is 9.90 Å². The van der Waals surface area contributed by atoms with Crippen molar-refractivity contribution in [1.82, 2.24) is 5.32 Å². The monoisotopic (exact) mass is 281 g/mol. The number of likely N-dealkylation sites (N-methyl/N-ethyl adjacent to an activating group) is 1. The highest BCUT2D eigenvalue weighted by molar-refractivity contribution is 5.78. The summed E-state index contributed by atoms with van der Waals surface area (Å²) in [6.07, 6.45) is 0.747. The third-order valence-electron chi connectivity index (χ3n) is 3.38. The Kier molecular flexibility index (Phi) is 5.98. The molecule has 0 aromatic heterocycles. The number of aliphatic hydroxyl groups is 1. The van der Waals surface area contributed by atoms with Crippen molar-refractivity contribution in [3.63, 3.8) is 0 Å². The molecule has 0 saturated heterocycles. The van der Waals surface area contributed by atoms with Crippen LogP contribution in [0.15, 0.2) is 24.3 Å². The predicted molar refractivity (Wildman–Crippen MR) is 77.0 cm³/mol. The number of carbonyl (C=O) groups is 1. The summed E-state index contributed by atoms with van der Waals surface area (Å²) < 4.78 is 5.73. The van der Waals surface area contributed by atoms with Crippen molar-refractivity contribution >= 4 is 5.97 Å². The second-order valence-corrected chi connectivity index (χ2v) is 5.14. The average molecular weight is 281 g/mol. The molecule has 3 N–H and O–H groups in total. The van der Waals surface area contributed by atoms with Crippen LogP contribution in [0.4, 0.5) is 0 Å². The number of aliphatic carboxylic acids is 1. The van der Waals surface area contributed by atoms with Gasteiger partial charge in [0.2, 0.25) is 0 Å². The van der Waals surface area contributed by atoms with E-state index in [0.717, 1.165) is 5.56 Å². The van der Waals surface area contributed by atoms with Crippen LogP contribution in [0.2, 0.25) is 0 Å². The van der Waals surface area contributed by atoms with Gasteiger partial charge in [-0.15, -0.1) is 0 Å². The first-order valence-electron chi connectivity index (χ1n) is 6.70. The number of benzene rings is 1. The number of ether oxygens (including phenoxy) is 1. The number of hydrogen-bond acceptors (Lipinski definition) is 4. The Morgan fingerprint density at radius 2 is 2.00 bits per heavy atom. The molecule has 0 aliphatic carbocycles. The summed E-state index contributed by atoms with van der Waals surface area (Å²) in [4.78, 5) is 11.2. The van der Waals surface area contributed by atoms with E-state index in [1.807, 2.05) is 31.2 Å². The molecule has 20 heavy (non-hydrogen) atoms. The summed E-state index contributed by atoms with van der Waals surface area (Å²) in [7, 11) is 1.63. The number of nitrogens with one attached hydrogen (secondary N) is 1. The molecule has 5 heteroatoms. The van der Waals surface area contributed by atoms with Gasteiger partial charge in [-0.3, -0.25) is 4.79 Å². The van der Waals surface area contributed by atoms with Crippen molar-refractivity contribution in [2.24, 2.45) is 0 Å². The lowest BCUT2D eigenvalue weighted by Crippen LogP contribution is -2.50. The van der Waals surface area contributed by atoms with Crippen molar-refractivity contribution in [3.05, 3.63) is 29.8 Å². The molecule has 112 valence electrons. The highest BCUT2D eigenvalue weighted by Crippen LogP contribution is 2.19. The second-order valence-electron chi connectivity index (χ2n) is 5.14. The predicted octanol–water partition coefficient (Wildman–Crippen LogP) is 1.44. The Morgan fingerprint density at radius 1 is 1.40 bits per heavy atom. The molecular formula is C15H23NO4. The normalized spacial score (nSPS) is 15.4. The third kappa shape index (κ3) is 4.51. The van der Waals surface area contributed by atoms with Crippen molar-refractivity contribution < 1.29 is 19.7 Å². The van der Waals surface area contributed by atoms with Gasteiger partial charge in [-0.2, -0.15) is 0 Å². The number of carboxylic acids is 1. The Labute approximate surface area is 119 Å². The van der Waals surface area contributed by atoms with Crippen molar-refractivity contribution in [2.75, 3.05) is 13.7 Å². The molecule has 0 bridgehead atoms. The van der Waals surface area contributed by atoms with Gasteiger partial charge in [-0.1, -0.05) is 12.1 Å². The van der Waals surface area contributed by atoms with Crippen LogP contribution in [0.1, 0.15) is 25.8 Å². The molecule has 0 spiro atoms. The van der Waals surface area contributed by atoms with Crippen LogP contribution in [0.5, 0.6) is 5.75 Å². The standard InChI is InChI=1S/C15H23NO4/c1-11(10-15(2,16-3)14(18)19)20-13-6-4-12(5-7-13)8-9-17/h4-7,11,16-17H,8-10H2,1-3H3,(H,18,19). The first-order chi connectivity index (χ1) is 9.41. The van der Waals surface area contributed by atoms with E-state index in [1.165, 1.54) is 0 Å². The van der Waals surface area contributed by atoms with E-state index in [4.69, 9.17) is 9.84 Å². The smallest absolute Gasteiger partial charge is 0.323 e. The number of rotatable bonds is 8. The maximum atomic E-state index is 11.2. The minimum absolute atomic E-state index is 0.121. The molecule has 1 aromatic carbocycles. The van der Waals surface area contributed by atoms with Crippen LogP contribution in [0.3, 0.4) is 0 Å². The highest BCUT2D eigenvalue weighted by Gasteiger charge is 2.33. The summed E-state index contributed by atoms with van der Waals surface area (Å²) >= 11 is 0. The van der Waals surface area contributed by atoms with Crippen molar-refractivity contribution in [1.29, 1.82) is 0 Å². The van der Waals surface area contributed by atoms with E-state index in [0.29, 0.717) is 18.6 Å². The van der Waals surface area contributed by atoms with Gasteiger partial charge in [-0.05, 0) is 45.0 Å². The molecule has 0 aliphatic rings. The molecule has 0 aliphatic heterocycles. The van der Waals surface area contributed by atoms with Crippen molar-refractivity contribution in [2.45, 2.75) is 38.3 Å². The lowest BCUT2D eigenvalue weighted by atomic mass is 9.95. The molecule has 2 atom stereocenters. The molecular weight excluding hydrogens is 258 g/mol. The summed E-state index contributed by atoms with van der Waals surface area (Å²) in [5, 5.41) is 20.9. The zero-order chi connectivity index (χ0) is 15.2. The fraction of sp³-hybridized carbons (Fsp3) is 0.533. The quantitative estimate of drug-likeness (QED) is 0.672. The van der Waals surface area contributed by atoms with E-state index in [2.05, 4.69) is 5.32 Å². The molecule has 2 unspecified atom stereocenters. The van der Waals surface area contributed by atoms with Gasteiger partial charge in [0.05, 0.1) is 6.10 Å². The maximum Gasteiger partial charge on any atom is 0.323 e. The van der Waals surface area contributed by atoms with Gasteiger partial charge < -0.3 is 20.3 Å². The van der Waals surface area contributed by atoms with Crippen LogP contribution in [-0.2, 0) is 11.2 Å². The molecule has 0 saturated carbocycles. The lowest BCUT2D eigenvalue weighted by Gasteiger charge is -2.27. The first-order valence-corrected chi connectivity index (χ1v) is 6.70. The van der Waals surface area contributed by atoms with Crippen LogP contribution in [-0.4, -0.2) is 41.5 Å². The second kappa shape index (κ2) is 7.26. The number of hydrogen-bond donors (Lipinski definition) is 3. The van der Waals surface area contributed by atoms with Crippen molar-refractivity contribution in [3.8, 4) is 5.75 Å². The van der Waals surface area contributed by atoms with Gasteiger partial charge in [0.1, 0.15) is 11.3 Å². The van der Waals surface area contributed by atoms with Gasteiger partial charge >= 0.3 is 5.97 Å². The third-order valence-corrected chi connectivity index (χ3v) is 3.38. The zero-order valence-corrected chi connectivity index (χ0v) is 12.2. The Morgan fingerprint density at radius 3 is 2.45 bits per heavy atom. The summed E-state index contributed by atoms with van der Waals surface area (Å²) in [5.41, 5.74) is 0.0362. The largest absolute Gasteiger partial charge is 0.491 e. The van der Waals surface area contributed by atoms with Gasteiger partial charge in [0.15, 0.2) is 0 Å². The van der Waals surface area contributed by atoms with E-state index >= 15 is 0 Å². The van der Waals surface area contributed by atoms with Gasteiger partial charge in [-0.25, -0.2) is 0 Å². The topological polar surface area (TPSA) is 78.8 Å². The van der Waals surface area contributed by atoms with E-state index < -0.39 is 11.5 Å². The number of aliphatic hydroxyl groups excluding tert-OH is 1. The molecule has 0 heterocycles. The first kappa shape index (κ1) is 16.5. The lowest BCUT2D eigenvalue weighted by molar-refractivity contribution is -0.145. The number of carboxylic acid groups (broad SMARTS) is 1. The van der Waals surface area contributed by atoms with Gasteiger partial charge in [0.25, 0.3) is 0 Å². The summed E-state index contributed by atoms with van der Waals surface area (Å²) in [5.74, 6) is -0.197. The molecule has 1 rings (SSSR count). The zero-order valence-electron chi connectivity index (χ0n) is 12.2. The Bertz CT molecular complexity index is 432. The molecule has 1 aromatic rings. The molecule has 0 fully saturated rings. The fourth-order valence-electron chi connectivity index (χ4n) is 2.01. The minimum atomic E-state index is -1.00. The van der Waals surface area contributed by atoms with E-state index in [-0.39, 0.29) is 12.7 Å². The molecule has 5 nitrogen and oxygen atoms in total. The van der Waals surface area contributed by atoms with Crippen LogP contribution >= 0.6 is 0 Å². The van der Waals surface area contributed by atoms with Crippen LogP contribution in [0, 0.1) is 0 Å². The molecule has 0 amide bonds. The van der Waals surface area contributed by atoms with Gasteiger partial charge in [0, 0.05) is 13.0 Å². The van der Waals surface area contributed by atoms with Crippen LogP contribution in [0.25, 0.3) is 0 Å². The average Bonchev–Trinajstić information content (AvgIpc) is 2.40. The molecule has 0 radical (unpaired) electrons. The van der Waals surface area contributed by atoms with E-state index in [1.54, 1.807) is 14.0 Å². The Hall–Kier alpha value is -1.59. The maximum absolute atomic E-state index is 11.2. The minimum Gasteiger partial charge on any atom is -0.491 e. The summed E-state index contributed by atoms with van der Waals surface area (Å²) in [6.45, 7) is 3.61. The Balaban J connectivity index is 2.61. The SMILES string of the molecule is CNC(C)(CC(C)Oc1ccc(CCO)cc1)C(=O)O. The fourth-order valence-corrected chi connectivity index (χ4v) is 2.01.